The van der Waals surface area contributed by atoms with Crippen molar-refractivity contribution in [1.29, 1.82) is 0 Å². The van der Waals surface area contributed by atoms with Crippen LogP contribution in [0.25, 0.3) is 11.0 Å². The van der Waals surface area contributed by atoms with E-state index in [1.807, 2.05) is 0 Å². The molecule has 0 N–H and O–H groups in total. The molecule has 0 saturated carbocycles. The summed E-state index contributed by atoms with van der Waals surface area (Å²) in [4.78, 5) is 41.9. The Morgan fingerprint density at radius 1 is 1.28 bits per heavy atom. The summed E-state index contributed by atoms with van der Waals surface area (Å²) in [5, 5.41) is 0. The molecule has 8 heteroatoms. The van der Waals surface area contributed by atoms with Crippen LogP contribution in [0.4, 0.5) is 0 Å². The van der Waals surface area contributed by atoms with Crippen LogP contribution in [0.15, 0.2) is 35.3 Å². The van der Waals surface area contributed by atoms with E-state index >= 15 is 0 Å². The van der Waals surface area contributed by atoms with E-state index < -0.39 is 5.97 Å². The highest BCUT2D eigenvalue weighted by molar-refractivity contribution is 5.83. The van der Waals surface area contributed by atoms with Crippen molar-refractivity contribution in [2.45, 2.75) is 13.5 Å². The van der Waals surface area contributed by atoms with Crippen molar-refractivity contribution in [3.63, 3.8) is 0 Å². The molecule has 1 amide bonds. The maximum Gasteiger partial charge on any atom is 0.325 e. The van der Waals surface area contributed by atoms with Gasteiger partial charge in [0.2, 0.25) is 5.91 Å². The normalized spacial score (nSPS) is 10.6. The Labute approximate surface area is 145 Å². The monoisotopic (exact) mass is 347 g/mol. The molecule has 0 atom stereocenters. The predicted octanol–water partition coefficient (Wildman–Crippen LogP) is 0.435. The van der Waals surface area contributed by atoms with E-state index in [2.05, 4.69) is 4.98 Å². The third-order valence-electron chi connectivity index (χ3n) is 3.59. The van der Waals surface area contributed by atoms with Crippen molar-refractivity contribution in [2.24, 2.45) is 0 Å². The molecule has 0 aliphatic heterocycles. The van der Waals surface area contributed by atoms with Gasteiger partial charge in [-0.05, 0) is 19.1 Å². The quantitative estimate of drug-likeness (QED) is 0.644. The lowest BCUT2D eigenvalue weighted by Crippen LogP contribution is -2.41. The van der Waals surface area contributed by atoms with Gasteiger partial charge in [0.25, 0.3) is 5.56 Å². The summed E-state index contributed by atoms with van der Waals surface area (Å²) in [5.41, 5.74) is 0.796. The zero-order valence-corrected chi connectivity index (χ0v) is 14.3. The largest absolute Gasteiger partial charge is 0.465 e. The fourth-order valence-electron chi connectivity index (χ4n) is 2.37. The maximum atomic E-state index is 12.6. The Bertz CT molecular complexity index is 802. The van der Waals surface area contributed by atoms with Gasteiger partial charge in [0.05, 0.1) is 30.4 Å². The van der Waals surface area contributed by atoms with E-state index in [9.17, 15) is 14.4 Å². The van der Waals surface area contributed by atoms with Gasteiger partial charge in [-0.15, -0.1) is 0 Å². The fourth-order valence-corrected chi connectivity index (χ4v) is 2.37. The molecule has 0 aliphatic carbocycles. The first-order chi connectivity index (χ1) is 12.1. The second-order valence-electron chi connectivity index (χ2n) is 5.28. The van der Waals surface area contributed by atoms with Gasteiger partial charge in [-0.25, -0.2) is 4.98 Å². The number of rotatable bonds is 8. The second-order valence-corrected chi connectivity index (χ2v) is 5.28. The summed E-state index contributed by atoms with van der Waals surface area (Å²) in [6.07, 6.45) is 1.18. The van der Waals surface area contributed by atoms with Crippen LogP contribution >= 0.6 is 0 Å². The minimum Gasteiger partial charge on any atom is -0.465 e. The highest BCUT2D eigenvalue weighted by Gasteiger charge is 2.19. The highest BCUT2D eigenvalue weighted by atomic mass is 16.5. The molecule has 0 bridgehead atoms. The number of fused-ring (bicyclic) bond motifs is 1. The second kappa shape index (κ2) is 8.93. The molecule has 25 heavy (non-hydrogen) atoms. The first-order valence-electron chi connectivity index (χ1n) is 7.93. The molecule has 1 aromatic carbocycles. The highest BCUT2D eigenvalue weighted by Crippen LogP contribution is 2.08. The Morgan fingerprint density at radius 3 is 2.76 bits per heavy atom. The number of para-hydroxylation sites is 2. The molecule has 0 spiro atoms. The molecule has 134 valence electrons. The maximum absolute atomic E-state index is 12.6. The number of esters is 1. The molecule has 2 rings (SSSR count). The number of aromatic nitrogens is 2. The number of benzene rings is 1. The van der Waals surface area contributed by atoms with E-state index in [0.717, 1.165) is 0 Å². The van der Waals surface area contributed by atoms with E-state index in [4.69, 9.17) is 9.47 Å². The van der Waals surface area contributed by atoms with Crippen LogP contribution in [0.2, 0.25) is 0 Å². The first kappa shape index (κ1) is 18.6. The van der Waals surface area contributed by atoms with Gasteiger partial charge in [0.1, 0.15) is 13.1 Å². The number of nitrogens with zero attached hydrogens (tertiary/aromatic N) is 3. The summed E-state index contributed by atoms with van der Waals surface area (Å²) in [7, 11) is 1.51. The van der Waals surface area contributed by atoms with Crippen LogP contribution < -0.4 is 5.56 Å². The van der Waals surface area contributed by atoms with Gasteiger partial charge >= 0.3 is 5.97 Å². The minimum absolute atomic E-state index is 0.187. The smallest absolute Gasteiger partial charge is 0.325 e. The molecule has 0 saturated heterocycles. The Balaban J connectivity index is 2.24. The summed E-state index contributed by atoms with van der Waals surface area (Å²) >= 11 is 0. The van der Waals surface area contributed by atoms with Crippen molar-refractivity contribution in [3.05, 3.63) is 40.8 Å². The van der Waals surface area contributed by atoms with E-state index in [1.165, 1.54) is 22.8 Å². The van der Waals surface area contributed by atoms with Crippen molar-refractivity contribution >= 4 is 22.9 Å². The van der Waals surface area contributed by atoms with E-state index in [1.54, 1.807) is 31.2 Å². The molecule has 0 fully saturated rings. The minimum atomic E-state index is -0.501. The fraction of sp³-hybridized carbons (Fsp3) is 0.412. The molecule has 0 aliphatic rings. The number of hydrogen-bond donors (Lipinski definition) is 0. The van der Waals surface area contributed by atoms with Gasteiger partial charge in [0, 0.05) is 13.7 Å². The molecule has 8 nitrogen and oxygen atoms in total. The van der Waals surface area contributed by atoms with Gasteiger partial charge in [0.15, 0.2) is 0 Å². The third-order valence-corrected chi connectivity index (χ3v) is 3.59. The zero-order valence-electron chi connectivity index (χ0n) is 14.3. The lowest BCUT2D eigenvalue weighted by atomic mass is 10.3. The van der Waals surface area contributed by atoms with Crippen molar-refractivity contribution < 1.29 is 19.1 Å². The molecular formula is C17H21N3O5. The number of ether oxygens (including phenoxy) is 2. The number of methoxy groups -OCH3 is 1. The summed E-state index contributed by atoms with van der Waals surface area (Å²) in [5.74, 6) is -0.873. The standard InChI is InChI=1S/C17H21N3O5/c1-3-25-17(23)12-19(8-9-24-2)16(22)11-20-14-7-5-4-6-13(14)18-10-15(20)21/h4-7,10H,3,8-9,11-12H2,1-2H3. The average molecular weight is 347 g/mol. The van der Waals surface area contributed by atoms with Crippen LogP contribution in [0.5, 0.6) is 0 Å². The predicted molar refractivity (Wildman–Crippen MR) is 91.1 cm³/mol. The number of amides is 1. The van der Waals surface area contributed by atoms with Gasteiger partial charge in [-0.1, -0.05) is 12.1 Å². The average Bonchev–Trinajstić information content (AvgIpc) is 2.61. The lowest BCUT2D eigenvalue weighted by molar-refractivity contribution is -0.149. The van der Waals surface area contributed by atoms with Crippen molar-refractivity contribution in [3.8, 4) is 0 Å². The van der Waals surface area contributed by atoms with Crippen LogP contribution in [0.1, 0.15) is 6.92 Å². The Morgan fingerprint density at radius 2 is 2.04 bits per heavy atom. The Kier molecular flexibility index (Phi) is 6.64. The van der Waals surface area contributed by atoms with Crippen LogP contribution in [-0.2, 0) is 25.6 Å². The topological polar surface area (TPSA) is 90.7 Å². The summed E-state index contributed by atoms with van der Waals surface area (Å²) in [6, 6.07) is 7.06. The first-order valence-corrected chi connectivity index (χ1v) is 7.93. The lowest BCUT2D eigenvalue weighted by Gasteiger charge is -2.22. The number of carbonyl (C=O) groups excluding carboxylic acids is 2. The van der Waals surface area contributed by atoms with Crippen molar-refractivity contribution in [2.75, 3.05) is 33.4 Å². The van der Waals surface area contributed by atoms with Crippen molar-refractivity contribution in [1.82, 2.24) is 14.5 Å². The van der Waals surface area contributed by atoms with Gasteiger partial charge in [-0.2, -0.15) is 0 Å². The molecule has 0 radical (unpaired) electrons. The Hall–Kier alpha value is -2.74. The van der Waals surface area contributed by atoms with Crippen LogP contribution in [0.3, 0.4) is 0 Å². The SMILES string of the molecule is CCOC(=O)CN(CCOC)C(=O)Cn1c(=O)cnc2ccccc21. The van der Waals surface area contributed by atoms with E-state index in [0.29, 0.717) is 11.0 Å². The van der Waals surface area contributed by atoms with E-state index in [-0.39, 0.29) is 44.3 Å². The molecular weight excluding hydrogens is 326 g/mol. The third kappa shape index (κ3) is 4.87. The van der Waals surface area contributed by atoms with Crippen LogP contribution in [0, 0.1) is 0 Å². The van der Waals surface area contributed by atoms with Crippen LogP contribution in [-0.4, -0.2) is 59.7 Å². The van der Waals surface area contributed by atoms with Gasteiger partial charge in [-0.3, -0.25) is 19.0 Å². The molecule has 1 aromatic heterocycles. The molecule has 0 unspecified atom stereocenters. The molecule has 2 aromatic rings. The number of carbonyl (C=O) groups is 2. The van der Waals surface area contributed by atoms with Gasteiger partial charge < -0.3 is 14.4 Å². The number of hydrogen-bond acceptors (Lipinski definition) is 6. The summed E-state index contributed by atoms with van der Waals surface area (Å²) < 4.78 is 11.2. The zero-order chi connectivity index (χ0) is 18.2. The summed E-state index contributed by atoms with van der Waals surface area (Å²) in [6.45, 7) is 2.06. The molecule has 1 heterocycles.